The van der Waals surface area contributed by atoms with Gasteiger partial charge in [-0.15, -0.1) is 0 Å². The molecule has 120 valence electrons. The molecule has 1 aliphatic rings. The van der Waals surface area contributed by atoms with Gasteiger partial charge in [0.2, 0.25) is 10.0 Å². The molecule has 0 aromatic heterocycles. The van der Waals surface area contributed by atoms with E-state index in [9.17, 15) is 16.8 Å². The topological polar surface area (TPSA) is 80.3 Å². The largest absolute Gasteiger partial charge is 0.229 e. The number of sulfone groups is 1. The van der Waals surface area contributed by atoms with Crippen LogP contribution < -0.4 is 4.72 Å². The second-order valence-electron chi connectivity index (χ2n) is 5.34. The van der Waals surface area contributed by atoms with Gasteiger partial charge in [-0.3, -0.25) is 0 Å². The maximum Gasteiger partial charge on any atom is 0.214 e. The third-order valence-electron chi connectivity index (χ3n) is 3.98. The molecule has 0 aromatic rings. The molecule has 0 saturated carbocycles. The van der Waals surface area contributed by atoms with Crippen molar-refractivity contribution in [3.8, 4) is 0 Å². The number of nitrogens with one attached hydrogen (secondary N) is 1. The highest BCUT2D eigenvalue weighted by molar-refractivity contribution is 9.09. The van der Waals surface area contributed by atoms with Gasteiger partial charge in [-0.1, -0.05) is 42.6 Å². The molecule has 5 nitrogen and oxygen atoms in total. The molecule has 0 radical (unpaired) electrons. The number of hydrogen-bond acceptors (Lipinski definition) is 4. The van der Waals surface area contributed by atoms with E-state index >= 15 is 0 Å². The van der Waals surface area contributed by atoms with Crippen LogP contribution in [0.4, 0.5) is 0 Å². The summed E-state index contributed by atoms with van der Waals surface area (Å²) in [6, 6.07) is 0. The molecular weight excluding hydrogens is 366 g/mol. The van der Waals surface area contributed by atoms with E-state index in [-0.39, 0.29) is 29.2 Å². The number of hydrogen-bond donors (Lipinski definition) is 1. The zero-order valence-electron chi connectivity index (χ0n) is 12.0. The summed E-state index contributed by atoms with van der Waals surface area (Å²) in [5, 5.41) is -0.576. The lowest BCUT2D eigenvalue weighted by atomic mass is 10.00. The van der Waals surface area contributed by atoms with E-state index in [2.05, 4.69) is 34.5 Å². The number of alkyl halides is 1. The maximum atomic E-state index is 12.2. The van der Waals surface area contributed by atoms with Gasteiger partial charge in [-0.25, -0.2) is 21.6 Å². The molecule has 8 heteroatoms. The molecule has 1 fully saturated rings. The Morgan fingerprint density at radius 3 is 2.15 bits per heavy atom. The summed E-state index contributed by atoms with van der Waals surface area (Å²) in [4.78, 5) is 0.111. The highest BCUT2D eigenvalue weighted by Gasteiger charge is 2.33. The Morgan fingerprint density at radius 2 is 1.70 bits per heavy atom. The van der Waals surface area contributed by atoms with Crippen molar-refractivity contribution in [3.63, 3.8) is 0 Å². The van der Waals surface area contributed by atoms with E-state index in [1.807, 2.05) is 0 Å². The zero-order chi connectivity index (χ0) is 15.4. The molecule has 0 amide bonds. The Hall–Kier alpha value is 0.340. The molecular formula is C12H24BrNO4S2. The lowest BCUT2D eigenvalue weighted by Gasteiger charge is -2.24. The van der Waals surface area contributed by atoms with Crippen LogP contribution in [-0.2, 0) is 19.9 Å². The normalized spacial score (nSPS) is 22.0. The third-order valence-corrected chi connectivity index (χ3v) is 8.69. The molecule has 1 aliphatic heterocycles. The van der Waals surface area contributed by atoms with Crippen molar-refractivity contribution >= 4 is 35.8 Å². The van der Waals surface area contributed by atoms with E-state index in [0.717, 1.165) is 12.8 Å². The maximum absolute atomic E-state index is 12.2. The molecule has 1 saturated heterocycles. The molecule has 0 aromatic carbocycles. The predicted molar refractivity (Wildman–Crippen MR) is 85.4 cm³/mol. The molecule has 1 N–H and O–H groups in total. The summed E-state index contributed by atoms with van der Waals surface area (Å²) < 4.78 is 49.6. The van der Waals surface area contributed by atoms with E-state index in [4.69, 9.17) is 0 Å². The molecule has 1 heterocycles. The SMILES string of the molecule is CCC(CC)C(Br)CNS(=O)(=O)C1CCS(=O)(=O)CC1. The van der Waals surface area contributed by atoms with Crippen LogP contribution in [0, 0.1) is 5.92 Å². The fourth-order valence-corrected chi connectivity index (χ4v) is 6.88. The van der Waals surface area contributed by atoms with Crippen molar-refractivity contribution < 1.29 is 16.8 Å². The summed E-state index contributed by atoms with van der Waals surface area (Å²) in [5.74, 6) is 0.385. The van der Waals surface area contributed by atoms with E-state index in [1.54, 1.807) is 0 Å². The Kier molecular flexibility index (Phi) is 6.95. The van der Waals surface area contributed by atoms with Gasteiger partial charge in [-0.2, -0.15) is 0 Å². The minimum Gasteiger partial charge on any atom is -0.229 e. The summed E-state index contributed by atoms with van der Waals surface area (Å²) in [5.41, 5.74) is 0. The molecule has 1 atom stereocenters. The Morgan fingerprint density at radius 1 is 1.20 bits per heavy atom. The van der Waals surface area contributed by atoms with Crippen LogP contribution in [0.2, 0.25) is 0 Å². The second kappa shape index (κ2) is 7.56. The molecule has 0 aliphatic carbocycles. The first kappa shape index (κ1) is 18.4. The highest BCUT2D eigenvalue weighted by Crippen LogP contribution is 2.22. The summed E-state index contributed by atoms with van der Waals surface area (Å²) in [6.07, 6.45) is 2.40. The van der Waals surface area contributed by atoms with Crippen LogP contribution in [-0.4, -0.2) is 45.0 Å². The zero-order valence-corrected chi connectivity index (χ0v) is 15.2. The van der Waals surface area contributed by atoms with Crippen LogP contribution in [0.15, 0.2) is 0 Å². The minimum absolute atomic E-state index is 0.0249. The lowest BCUT2D eigenvalue weighted by Crippen LogP contribution is -2.42. The van der Waals surface area contributed by atoms with Gasteiger partial charge in [0.1, 0.15) is 9.84 Å². The highest BCUT2D eigenvalue weighted by atomic mass is 79.9. The van der Waals surface area contributed by atoms with Crippen molar-refractivity contribution in [2.45, 2.75) is 49.6 Å². The van der Waals surface area contributed by atoms with Gasteiger partial charge in [0.05, 0.1) is 16.8 Å². The minimum atomic E-state index is -3.42. The Labute approximate surface area is 131 Å². The standard InChI is InChI=1S/C12H24BrNO4S2/c1-3-10(4-2)12(13)9-14-20(17,18)11-5-7-19(15,16)8-6-11/h10-12,14H,3-9H2,1-2H3. The number of sulfonamides is 1. The number of halogens is 1. The second-order valence-corrected chi connectivity index (χ2v) is 10.9. The smallest absolute Gasteiger partial charge is 0.214 e. The van der Waals surface area contributed by atoms with Gasteiger partial charge >= 0.3 is 0 Å². The van der Waals surface area contributed by atoms with E-state index in [0.29, 0.717) is 12.5 Å². The Balaban J connectivity index is 2.54. The molecule has 1 rings (SSSR count). The molecule has 0 spiro atoms. The summed E-state index contributed by atoms with van der Waals surface area (Å²) >= 11 is 3.54. The predicted octanol–water partition coefficient (Wildman–Crippen LogP) is 1.68. The van der Waals surface area contributed by atoms with E-state index < -0.39 is 25.1 Å². The average molecular weight is 390 g/mol. The first-order valence-electron chi connectivity index (χ1n) is 7.04. The molecule has 1 unspecified atom stereocenters. The van der Waals surface area contributed by atoms with Crippen molar-refractivity contribution in [3.05, 3.63) is 0 Å². The van der Waals surface area contributed by atoms with Gasteiger partial charge in [0, 0.05) is 11.4 Å². The first-order valence-corrected chi connectivity index (χ1v) is 11.3. The van der Waals surface area contributed by atoms with Crippen molar-refractivity contribution in [2.24, 2.45) is 5.92 Å². The van der Waals surface area contributed by atoms with Gasteiger partial charge < -0.3 is 0 Å². The first-order chi connectivity index (χ1) is 9.22. The van der Waals surface area contributed by atoms with Crippen LogP contribution >= 0.6 is 15.9 Å². The van der Waals surface area contributed by atoms with E-state index in [1.165, 1.54) is 0 Å². The third kappa shape index (κ3) is 5.27. The van der Waals surface area contributed by atoms with Gasteiger partial charge in [-0.05, 0) is 18.8 Å². The van der Waals surface area contributed by atoms with Crippen molar-refractivity contribution in [1.29, 1.82) is 0 Å². The monoisotopic (exact) mass is 389 g/mol. The van der Waals surface area contributed by atoms with Crippen LogP contribution in [0.1, 0.15) is 39.5 Å². The van der Waals surface area contributed by atoms with Crippen molar-refractivity contribution in [2.75, 3.05) is 18.1 Å². The fourth-order valence-electron chi connectivity index (χ4n) is 2.46. The number of rotatable bonds is 7. The van der Waals surface area contributed by atoms with Gasteiger partial charge in [0.25, 0.3) is 0 Å². The lowest BCUT2D eigenvalue weighted by molar-refractivity contribution is 0.468. The molecule has 20 heavy (non-hydrogen) atoms. The average Bonchev–Trinajstić information content (AvgIpc) is 2.37. The van der Waals surface area contributed by atoms with Gasteiger partial charge in [0.15, 0.2) is 0 Å². The quantitative estimate of drug-likeness (QED) is 0.671. The van der Waals surface area contributed by atoms with Crippen molar-refractivity contribution in [1.82, 2.24) is 4.72 Å². The Bertz CT molecular complexity index is 486. The summed E-state index contributed by atoms with van der Waals surface area (Å²) in [6.45, 7) is 4.53. The van der Waals surface area contributed by atoms with Crippen LogP contribution in [0.3, 0.4) is 0 Å². The van der Waals surface area contributed by atoms with Crippen LogP contribution in [0.5, 0.6) is 0 Å². The molecule has 0 bridgehead atoms. The summed E-state index contributed by atoms with van der Waals surface area (Å²) in [7, 11) is -6.45. The fraction of sp³-hybridized carbons (Fsp3) is 1.00. The van der Waals surface area contributed by atoms with Crippen LogP contribution in [0.25, 0.3) is 0 Å².